The molecular weight excluding hydrogens is 248 g/mol. The summed E-state index contributed by atoms with van der Waals surface area (Å²) >= 11 is 5.95. The van der Waals surface area contributed by atoms with Crippen LogP contribution < -0.4 is 10.1 Å². The molecule has 17 heavy (non-hydrogen) atoms. The number of rotatable bonds is 6. The number of hydrogen-bond acceptors (Lipinski definition) is 2. The van der Waals surface area contributed by atoms with Crippen molar-refractivity contribution >= 4 is 11.6 Å². The summed E-state index contributed by atoms with van der Waals surface area (Å²) in [4.78, 5) is 0. The zero-order chi connectivity index (χ0) is 12.3. The van der Waals surface area contributed by atoms with E-state index < -0.39 is 13.0 Å². The van der Waals surface area contributed by atoms with Crippen molar-refractivity contribution in [2.45, 2.75) is 31.9 Å². The van der Waals surface area contributed by atoms with E-state index in [0.717, 1.165) is 12.1 Å². The minimum Gasteiger partial charge on any atom is -0.486 e. The Labute approximate surface area is 104 Å². The van der Waals surface area contributed by atoms with Crippen LogP contribution in [0.1, 0.15) is 18.4 Å². The molecule has 0 unspecified atom stereocenters. The highest BCUT2D eigenvalue weighted by Crippen LogP contribution is 2.26. The standard InChI is InChI=1S/C12H14ClF2NO/c13-10-5-8(6-16-9-2-3-9)1-4-11(10)17-7-12(14)15/h1,4-5,9,12,16H,2-3,6-7H2. The van der Waals surface area contributed by atoms with Crippen molar-refractivity contribution in [1.29, 1.82) is 0 Å². The van der Waals surface area contributed by atoms with E-state index in [1.165, 1.54) is 12.8 Å². The van der Waals surface area contributed by atoms with Gasteiger partial charge in [0.2, 0.25) is 0 Å². The molecule has 0 spiro atoms. The monoisotopic (exact) mass is 261 g/mol. The van der Waals surface area contributed by atoms with E-state index >= 15 is 0 Å². The molecule has 1 aromatic carbocycles. The first-order chi connectivity index (χ1) is 8.15. The van der Waals surface area contributed by atoms with Crippen LogP contribution in [0.5, 0.6) is 5.75 Å². The summed E-state index contributed by atoms with van der Waals surface area (Å²) in [5, 5.41) is 3.73. The van der Waals surface area contributed by atoms with Crippen molar-refractivity contribution in [3.63, 3.8) is 0 Å². The van der Waals surface area contributed by atoms with Gasteiger partial charge >= 0.3 is 0 Å². The number of halogens is 3. The SMILES string of the molecule is FC(F)COc1ccc(CNC2CC2)cc1Cl. The fourth-order valence-electron chi connectivity index (χ4n) is 1.47. The lowest BCUT2D eigenvalue weighted by atomic mass is 10.2. The van der Waals surface area contributed by atoms with Crippen LogP contribution in [0.3, 0.4) is 0 Å². The topological polar surface area (TPSA) is 21.3 Å². The summed E-state index contributed by atoms with van der Waals surface area (Å²) in [6, 6.07) is 5.84. The Kier molecular flexibility index (Phi) is 4.18. The zero-order valence-electron chi connectivity index (χ0n) is 9.26. The van der Waals surface area contributed by atoms with Crippen LogP contribution in [-0.2, 0) is 6.54 Å². The maximum Gasteiger partial charge on any atom is 0.272 e. The number of ether oxygens (including phenoxy) is 1. The number of alkyl halides is 2. The first kappa shape index (κ1) is 12.6. The minimum absolute atomic E-state index is 0.308. The largest absolute Gasteiger partial charge is 0.486 e. The van der Waals surface area contributed by atoms with Gasteiger partial charge in [-0.2, -0.15) is 0 Å². The van der Waals surface area contributed by atoms with Crippen molar-refractivity contribution in [2.75, 3.05) is 6.61 Å². The predicted octanol–water partition coefficient (Wildman–Crippen LogP) is 3.24. The van der Waals surface area contributed by atoms with Crippen LogP contribution in [0.15, 0.2) is 18.2 Å². The van der Waals surface area contributed by atoms with Gasteiger partial charge in [-0.25, -0.2) is 8.78 Å². The Morgan fingerprint density at radius 3 is 2.76 bits per heavy atom. The van der Waals surface area contributed by atoms with Gasteiger partial charge in [0, 0.05) is 12.6 Å². The minimum atomic E-state index is -2.48. The Balaban J connectivity index is 1.90. The summed E-state index contributed by atoms with van der Waals surface area (Å²) in [5.41, 5.74) is 1.03. The van der Waals surface area contributed by atoms with Crippen molar-refractivity contribution in [1.82, 2.24) is 5.32 Å². The molecule has 0 radical (unpaired) electrons. The molecule has 1 aliphatic rings. The number of nitrogens with one attached hydrogen (secondary N) is 1. The normalized spacial score (nSPS) is 15.3. The highest BCUT2D eigenvalue weighted by Gasteiger charge is 2.20. The first-order valence-electron chi connectivity index (χ1n) is 5.58. The molecule has 0 heterocycles. The molecule has 1 aromatic rings. The Morgan fingerprint density at radius 1 is 1.41 bits per heavy atom. The summed E-state index contributed by atoms with van der Waals surface area (Å²) in [6.07, 6.45) is -0.0330. The second-order valence-corrected chi connectivity index (χ2v) is 4.53. The highest BCUT2D eigenvalue weighted by molar-refractivity contribution is 6.32. The molecule has 0 aliphatic heterocycles. The number of hydrogen-bond donors (Lipinski definition) is 1. The molecule has 5 heteroatoms. The Hall–Kier alpha value is -0.870. The van der Waals surface area contributed by atoms with Crippen LogP contribution >= 0.6 is 11.6 Å². The average molecular weight is 262 g/mol. The van der Waals surface area contributed by atoms with E-state index in [1.54, 1.807) is 12.1 Å². The molecule has 1 N–H and O–H groups in total. The molecular formula is C12H14ClF2NO. The molecule has 0 bridgehead atoms. The Morgan fingerprint density at radius 2 is 2.18 bits per heavy atom. The third kappa shape index (κ3) is 4.13. The molecule has 2 nitrogen and oxygen atoms in total. The summed E-state index contributed by atoms with van der Waals surface area (Å²) in [7, 11) is 0. The van der Waals surface area contributed by atoms with Gasteiger partial charge in [-0.1, -0.05) is 17.7 Å². The third-order valence-corrected chi connectivity index (χ3v) is 2.83. The smallest absolute Gasteiger partial charge is 0.272 e. The van der Waals surface area contributed by atoms with Crippen LogP contribution in [-0.4, -0.2) is 19.1 Å². The summed E-state index contributed by atoms with van der Waals surface area (Å²) < 4.78 is 28.8. The molecule has 2 rings (SSSR count). The lowest BCUT2D eigenvalue weighted by molar-refractivity contribution is 0.0819. The van der Waals surface area contributed by atoms with Gasteiger partial charge in [-0.05, 0) is 30.5 Å². The molecule has 0 atom stereocenters. The van der Waals surface area contributed by atoms with Crippen LogP contribution in [0, 0.1) is 0 Å². The van der Waals surface area contributed by atoms with Crippen LogP contribution in [0.2, 0.25) is 5.02 Å². The third-order valence-electron chi connectivity index (χ3n) is 2.53. The zero-order valence-corrected chi connectivity index (χ0v) is 10.0. The number of benzene rings is 1. The van der Waals surface area contributed by atoms with Crippen LogP contribution in [0.25, 0.3) is 0 Å². The van der Waals surface area contributed by atoms with Gasteiger partial charge in [0.25, 0.3) is 6.43 Å². The molecule has 94 valence electrons. The van der Waals surface area contributed by atoms with Crippen LogP contribution in [0.4, 0.5) is 8.78 Å². The first-order valence-corrected chi connectivity index (χ1v) is 5.95. The fraction of sp³-hybridized carbons (Fsp3) is 0.500. The predicted molar refractivity (Wildman–Crippen MR) is 62.8 cm³/mol. The van der Waals surface area contributed by atoms with Gasteiger partial charge in [0.15, 0.2) is 0 Å². The lowest BCUT2D eigenvalue weighted by Crippen LogP contribution is -2.15. The Bertz CT molecular complexity index is 383. The lowest BCUT2D eigenvalue weighted by Gasteiger charge is -2.09. The summed E-state index contributed by atoms with van der Waals surface area (Å²) in [6.45, 7) is 0.124. The van der Waals surface area contributed by atoms with E-state index in [2.05, 4.69) is 5.32 Å². The second kappa shape index (κ2) is 5.65. The fourth-order valence-corrected chi connectivity index (χ4v) is 1.73. The van der Waals surface area contributed by atoms with E-state index in [-0.39, 0.29) is 0 Å². The van der Waals surface area contributed by atoms with Gasteiger partial charge in [-0.3, -0.25) is 0 Å². The van der Waals surface area contributed by atoms with Crippen molar-refractivity contribution < 1.29 is 13.5 Å². The van der Waals surface area contributed by atoms with Gasteiger partial charge in [0.05, 0.1) is 5.02 Å². The van der Waals surface area contributed by atoms with E-state index in [1.807, 2.05) is 6.07 Å². The van der Waals surface area contributed by atoms with Gasteiger partial charge in [0.1, 0.15) is 12.4 Å². The van der Waals surface area contributed by atoms with E-state index in [9.17, 15) is 8.78 Å². The highest BCUT2D eigenvalue weighted by atomic mass is 35.5. The molecule has 1 saturated carbocycles. The van der Waals surface area contributed by atoms with Gasteiger partial charge in [-0.15, -0.1) is 0 Å². The molecule has 0 aromatic heterocycles. The quantitative estimate of drug-likeness (QED) is 0.849. The molecule has 0 amide bonds. The van der Waals surface area contributed by atoms with Crippen molar-refractivity contribution in [3.8, 4) is 5.75 Å². The van der Waals surface area contributed by atoms with Crippen molar-refractivity contribution in [3.05, 3.63) is 28.8 Å². The second-order valence-electron chi connectivity index (χ2n) is 4.12. The molecule has 0 saturated heterocycles. The van der Waals surface area contributed by atoms with E-state index in [0.29, 0.717) is 16.8 Å². The maximum atomic E-state index is 12.0. The van der Waals surface area contributed by atoms with Gasteiger partial charge < -0.3 is 10.1 Å². The van der Waals surface area contributed by atoms with E-state index in [4.69, 9.17) is 16.3 Å². The average Bonchev–Trinajstić information content (AvgIpc) is 3.08. The van der Waals surface area contributed by atoms with Crippen molar-refractivity contribution in [2.24, 2.45) is 0 Å². The maximum absolute atomic E-state index is 12.0. The molecule has 1 fully saturated rings. The summed E-state index contributed by atoms with van der Waals surface area (Å²) in [5.74, 6) is 0.308. The molecule has 1 aliphatic carbocycles.